The van der Waals surface area contributed by atoms with Crippen LogP contribution in [-0.4, -0.2) is 43.7 Å². The van der Waals surface area contributed by atoms with E-state index >= 15 is 0 Å². The first-order valence-electron chi connectivity index (χ1n) is 13.4. The van der Waals surface area contributed by atoms with Gasteiger partial charge in [-0.05, 0) is 80.7 Å². The molecule has 1 aromatic carbocycles. The maximum Gasteiger partial charge on any atom is 0.266 e. The van der Waals surface area contributed by atoms with Crippen molar-refractivity contribution in [3.05, 3.63) is 59.8 Å². The molecule has 2 unspecified atom stereocenters. The average molecular weight is 524 g/mol. The van der Waals surface area contributed by atoms with E-state index in [9.17, 15) is 14.3 Å². The number of ether oxygens (including phenoxy) is 2. The number of fused-ring (bicyclic) bond motifs is 1. The van der Waals surface area contributed by atoms with Crippen LogP contribution < -0.4 is 14.8 Å². The van der Waals surface area contributed by atoms with Crippen LogP contribution >= 0.6 is 0 Å². The van der Waals surface area contributed by atoms with Gasteiger partial charge in [0, 0.05) is 6.20 Å². The summed E-state index contributed by atoms with van der Waals surface area (Å²) in [7, 11) is 0. The van der Waals surface area contributed by atoms with E-state index in [0.29, 0.717) is 48.9 Å². The SMILES string of the molecule is CCCC(O)(Cn1nncc1CCCCC1Oc2cccnc2NC1=O)c1ccc(F)c(OCC2CC2)c1. The second-order valence-electron chi connectivity index (χ2n) is 10.3. The van der Waals surface area contributed by atoms with Gasteiger partial charge in [-0.2, -0.15) is 0 Å². The van der Waals surface area contributed by atoms with Crippen molar-refractivity contribution in [1.82, 2.24) is 20.0 Å². The topological polar surface area (TPSA) is 111 Å². The molecule has 1 amide bonds. The van der Waals surface area contributed by atoms with Crippen molar-refractivity contribution in [3.8, 4) is 11.5 Å². The van der Waals surface area contributed by atoms with Crippen LogP contribution in [-0.2, 0) is 23.4 Å². The number of amides is 1. The average Bonchev–Trinajstić information content (AvgIpc) is 3.64. The molecule has 1 aliphatic heterocycles. The molecule has 0 radical (unpaired) electrons. The highest BCUT2D eigenvalue weighted by Crippen LogP contribution is 2.34. The summed E-state index contributed by atoms with van der Waals surface area (Å²) >= 11 is 0. The third-order valence-corrected chi connectivity index (χ3v) is 7.14. The lowest BCUT2D eigenvalue weighted by atomic mass is 9.89. The maximum atomic E-state index is 14.4. The molecule has 0 spiro atoms. The Hall–Kier alpha value is -3.53. The zero-order valence-electron chi connectivity index (χ0n) is 21.6. The quantitative estimate of drug-likeness (QED) is 0.320. The summed E-state index contributed by atoms with van der Waals surface area (Å²) in [6.07, 6.45) is 9.00. The number of aryl methyl sites for hydroxylation is 1. The van der Waals surface area contributed by atoms with Gasteiger partial charge in [-0.25, -0.2) is 14.1 Å². The summed E-state index contributed by atoms with van der Waals surface area (Å²) in [5, 5.41) is 22.8. The fourth-order valence-corrected chi connectivity index (χ4v) is 4.79. The highest BCUT2D eigenvalue weighted by atomic mass is 19.1. The number of hydrogen-bond donors (Lipinski definition) is 2. The molecule has 0 saturated heterocycles. The molecule has 2 aliphatic rings. The molecule has 38 heavy (non-hydrogen) atoms. The summed E-state index contributed by atoms with van der Waals surface area (Å²) in [5.41, 5.74) is 0.233. The number of aromatic nitrogens is 4. The molecule has 10 heteroatoms. The zero-order chi connectivity index (χ0) is 26.5. The van der Waals surface area contributed by atoms with E-state index in [1.54, 1.807) is 41.3 Å². The van der Waals surface area contributed by atoms with E-state index in [2.05, 4.69) is 20.6 Å². The van der Waals surface area contributed by atoms with Gasteiger partial charge in [-0.15, -0.1) is 5.10 Å². The second-order valence-corrected chi connectivity index (χ2v) is 10.3. The number of hydrogen-bond acceptors (Lipinski definition) is 7. The molecule has 2 aromatic heterocycles. The van der Waals surface area contributed by atoms with Crippen molar-refractivity contribution in [1.29, 1.82) is 0 Å². The van der Waals surface area contributed by atoms with Gasteiger partial charge in [0.25, 0.3) is 5.91 Å². The van der Waals surface area contributed by atoms with Crippen LogP contribution in [0.1, 0.15) is 63.1 Å². The fourth-order valence-electron chi connectivity index (χ4n) is 4.79. The summed E-state index contributed by atoms with van der Waals surface area (Å²) in [5.74, 6) is 1.09. The Morgan fingerprint density at radius 3 is 2.97 bits per heavy atom. The van der Waals surface area contributed by atoms with Crippen LogP contribution in [0.5, 0.6) is 11.5 Å². The molecule has 2 N–H and O–H groups in total. The van der Waals surface area contributed by atoms with E-state index in [1.807, 2.05) is 6.92 Å². The largest absolute Gasteiger partial charge is 0.490 e. The van der Waals surface area contributed by atoms with Crippen LogP contribution in [0, 0.1) is 11.7 Å². The molecular formula is C28H34FN5O4. The predicted molar refractivity (Wildman–Crippen MR) is 138 cm³/mol. The number of rotatable bonds is 13. The van der Waals surface area contributed by atoms with Gasteiger partial charge in [0.05, 0.1) is 25.0 Å². The van der Waals surface area contributed by atoms with E-state index in [4.69, 9.17) is 9.47 Å². The van der Waals surface area contributed by atoms with Crippen molar-refractivity contribution in [2.45, 2.75) is 76.5 Å². The number of halogens is 1. The van der Waals surface area contributed by atoms with E-state index in [0.717, 1.165) is 37.8 Å². The first kappa shape index (κ1) is 26.1. The molecule has 202 valence electrons. The minimum Gasteiger partial charge on any atom is -0.490 e. The van der Waals surface area contributed by atoms with Gasteiger partial charge < -0.3 is 19.9 Å². The number of pyridine rings is 1. The lowest BCUT2D eigenvalue weighted by Gasteiger charge is -2.29. The molecule has 9 nitrogen and oxygen atoms in total. The first-order valence-corrected chi connectivity index (χ1v) is 13.4. The van der Waals surface area contributed by atoms with Gasteiger partial charge in [-0.3, -0.25) is 4.79 Å². The van der Waals surface area contributed by atoms with E-state index in [1.165, 1.54) is 6.07 Å². The molecule has 1 fully saturated rings. The van der Waals surface area contributed by atoms with Gasteiger partial charge in [0.15, 0.2) is 29.2 Å². The Kier molecular flexibility index (Phi) is 7.87. The van der Waals surface area contributed by atoms with Crippen molar-refractivity contribution in [2.24, 2.45) is 5.92 Å². The molecule has 1 aliphatic carbocycles. The van der Waals surface area contributed by atoms with Crippen LogP contribution in [0.15, 0.2) is 42.7 Å². The van der Waals surface area contributed by atoms with Crippen LogP contribution in [0.3, 0.4) is 0 Å². The highest BCUT2D eigenvalue weighted by Gasteiger charge is 2.32. The number of benzene rings is 1. The predicted octanol–water partition coefficient (Wildman–Crippen LogP) is 4.40. The lowest BCUT2D eigenvalue weighted by molar-refractivity contribution is -0.123. The van der Waals surface area contributed by atoms with Crippen molar-refractivity contribution < 1.29 is 23.8 Å². The zero-order valence-corrected chi connectivity index (χ0v) is 21.6. The van der Waals surface area contributed by atoms with Gasteiger partial charge >= 0.3 is 0 Å². The van der Waals surface area contributed by atoms with E-state index in [-0.39, 0.29) is 18.2 Å². The Labute approximate surface area is 221 Å². The van der Waals surface area contributed by atoms with Gasteiger partial charge in [-0.1, -0.05) is 24.6 Å². The monoisotopic (exact) mass is 523 g/mol. The summed E-state index contributed by atoms with van der Waals surface area (Å²) in [6.45, 7) is 2.69. The minimum absolute atomic E-state index is 0.176. The van der Waals surface area contributed by atoms with E-state index < -0.39 is 17.5 Å². The highest BCUT2D eigenvalue weighted by molar-refractivity contribution is 5.96. The number of carbonyl (C=O) groups is 1. The fraction of sp³-hybridized carbons (Fsp3) is 0.500. The number of aliphatic hydroxyl groups is 1. The molecule has 5 rings (SSSR count). The summed E-state index contributed by atoms with van der Waals surface area (Å²) < 4.78 is 27.6. The van der Waals surface area contributed by atoms with Gasteiger partial charge in [0.1, 0.15) is 5.60 Å². The third kappa shape index (κ3) is 6.12. The number of nitrogens with zero attached hydrogens (tertiary/aromatic N) is 4. The first-order chi connectivity index (χ1) is 18.4. The van der Waals surface area contributed by atoms with Crippen molar-refractivity contribution in [2.75, 3.05) is 11.9 Å². The third-order valence-electron chi connectivity index (χ3n) is 7.14. The molecule has 1 saturated carbocycles. The number of nitrogens with one attached hydrogen (secondary N) is 1. The Balaban J connectivity index is 1.20. The molecular weight excluding hydrogens is 489 g/mol. The Morgan fingerprint density at radius 1 is 1.29 bits per heavy atom. The minimum atomic E-state index is -1.25. The Morgan fingerprint density at radius 2 is 2.16 bits per heavy atom. The van der Waals surface area contributed by atoms with Crippen LogP contribution in [0.4, 0.5) is 10.2 Å². The Bertz CT molecular complexity index is 1260. The number of anilines is 1. The standard InChI is InChI=1S/C28H34FN5O4/c1-2-13-28(36,20-11-12-22(29)25(15-20)37-17-19-9-10-19)18-34-21(16-31-33-34)6-3-4-7-24-27(35)32-26-23(38-24)8-5-14-30-26/h5,8,11-12,14-16,19,24,36H,2-4,6-7,9-10,13,17-18H2,1H3,(H,30,32,35). The number of unbranched alkanes of at least 4 members (excludes halogenated alkanes) is 1. The van der Waals surface area contributed by atoms with Crippen LogP contribution in [0.25, 0.3) is 0 Å². The van der Waals surface area contributed by atoms with Crippen molar-refractivity contribution >= 4 is 11.7 Å². The van der Waals surface area contributed by atoms with Gasteiger partial charge in [0.2, 0.25) is 0 Å². The number of carbonyl (C=O) groups excluding carboxylic acids is 1. The molecule has 2 atom stereocenters. The van der Waals surface area contributed by atoms with Crippen molar-refractivity contribution in [3.63, 3.8) is 0 Å². The molecule has 3 aromatic rings. The lowest BCUT2D eigenvalue weighted by Crippen LogP contribution is -2.37. The maximum absolute atomic E-state index is 14.4. The second kappa shape index (κ2) is 11.5. The molecule has 0 bridgehead atoms. The normalized spacial score (nSPS) is 18.3. The molecule has 3 heterocycles. The summed E-state index contributed by atoms with van der Waals surface area (Å²) in [4.78, 5) is 16.5. The van der Waals surface area contributed by atoms with Crippen LogP contribution in [0.2, 0.25) is 0 Å². The summed E-state index contributed by atoms with van der Waals surface area (Å²) in [6, 6.07) is 8.16. The smallest absolute Gasteiger partial charge is 0.266 e.